The van der Waals surface area contributed by atoms with Crippen molar-refractivity contribution >= 4 is 21.8 Å². The summed E-state index contributed by atoms with van der Waals surface area (Å²) in [5.74, 6) is 1.82. The Hall–Kier alpha value is -5.30. The molecule has 0 amide bonds. The van der Waals surface area contributed by atoms with Crippen LogP contribution in [-0.4, -0.2) is 34.5 Å². The highest BCUT2D eigenvalue weighted by Gasteiger charge is 2.16. The van der Waals surface area contributed by atoms with Gasteiger partial charge in [0, 0.05) is 22.5 Å². The largest absolute Gasteiger partial charge is 0.306 e. The van der Waals surface area contributed by atoms with E-state index in [1.807, 2.05) is 73.1 Å². The normalized spacial score (nSPS) is 11.2. The standard InChI is InChI=1S/C30H19N7/c1-2-10-20(11-3-1)27-34-28(24-14-8-9-17-31-24)36-30(35-27)29-32-18-21(19-33-29)37-25-15-6-4-12-22(25)23-13-5-7-16-26(23)37/h1-19H. The molecule has 0 fully saturated rings. The van der Waals surface area contributed by atoms with Crippen molar-refractivity contribution in [2.75, 3.05) is 0 Å². The Morgan fingerprint density at radius 1 is 0.459 bits per heavy atom. The van der Waals surface area contributed by atoms with Crippen LogP contribution in [0.25, 0.3) is 62.0 Å². The predicted molar refractivity (Wildman–Crippen MR) is 144 cm³/mol. The molecule has 0 N–H and O–H groups in total. The van der Waals surface area contributed by atoms with Gasteiger partial charge in [-0.05, 0) is 24.3 Å². The minimum Gasteiger partial charge on any atom is -0.306 e. The molecule has 7 aromatic rings. The predicted octanol–water partition coefficient (Wildman–Crippen LogP) is 6.15. The zero-order valence-electron chi connectivity index (χ0n) is 19.6. The van der Waals surface area contributed by atoms with Gasteiger partial charge in [0.05, 0.1) is 29.1 Å². The number of aromatic nitrogens is 7. The summed E-state index contributed by atoms with van der Waals surface area (Å²) in [5, 5.41) is 2.37. The molecule has 0 unspecified atom stereocenters. The first kappa shape index (κ1) is 21.0. The molecular weight excluding hydrogens is 458 g/mol. The summed E-state index contributed by atoms with van der Waals surface area (Å²) < 4.78 is 2.18. The molecule has 4 aromatic heterocycles. The van der Waals surface area contributed by atoms with Crippen molar-refractivity contribution in [3.05, 3.63) is 116 Å². The van der Waals surface area contributed by atoms with E-state index in [0.717, 1.165) is 22.3 Å². The summed E-state index contributed by atoms with van der Waals surface area (Å²) in [5.41, 5.74) is 4.60. The van der Waals surface area contributed by atoms with E-state index in [1.54, 1.807) is 6.20 Å². The van der Waals surface area contributed by atoms with Crippen LogP contribution in [0.2, 0.25) is 0 Å². The molecule has 0 aliphatic carbocycles. The molecule has 0 radical (unpaired) electrons. The van der Waals surface area contributed by atoms with E-state index < -0.39 is 0 Å². The highest BCUT2D eigenvalue weighted by molar-refractivity contribution is 6.09. The fraction of sp³-hybridized carbons (Fsp3) is 0. The molecule has 7 heteroatoms. The Bertz CT molecular complexity index is 1750. The van der Waals surface area contributed by atoms with Gasteiger partial charge in [0.2, 0.25) is 5.82 Å². The molecule has 3 aromatic carbocycles. The van der Waals surface area contributed by atoms with Gasteiger partial charge in [-0.1, -0.05) is 72.8 Å². The van der Waals surface area contributed by atoms with Crippen molar-refractivity contribution in [1.82, 2.24) is 34.5 Å². The maximum Gasteiger partial charge on any atom is 0.201 e. The van der Waals surface area contributed by atoms with Gasteiger partial charge in [-0.25, -0.2) is 24.9 Å². The van der Waals surface area contributed by atoms with Gasteiger partial charge >= 0.3 is 0 Å². The third kappa shape index (κ3) is 3.70. The summed E-state index contributed by atoms with van der Waals surface area (Å²) >= 11 is 0. The van der Waals surface area contributed by atoms with Crippen LogP contribution >= 0.6 is 0 Å². The number of pyridine rings is 1. The summed E-state index contributed by atoms with van der Waals surface area (Å²) in [4.78, 5) is 27.9. The molecule has 4 heterocycles. The van der Waals surface area contributed by atoms with Crippen LogP contribution in [0.5, 0.6) is 0 Å². The fourth-order valence-electron chi connectivity index (χ4n) is 4.55. The van der Waals surface area contributed by atoms with Crippen molar-refractivity contribution in [3.63, 3.8) is 0 Å². The SMILES string of the molecule is c1ccc(-c2nc(-c3ccccn3)nc(-c3ncc(-n4c5ccccc5c5ccccc54)cn3)n2)cc1. The van der Waals surface area contributed by atoms with Crippen molar-refractivity contribution in [1.29, 1.82) is 0 Å². The van der Waals surface area contributed by atoms with E-state index in [4.69, 9.17) is 4.98 Å². The van der Waals surface area contributed by atoms with Gasteiger partial charge in [0.15, 0.2) is 17.5 Å². The lowest BCUT2D eigenvalue weighted by atomic mass is 10.2. The Morgan fingerprint density at radius 2 is 1.05 bits per heavy atom. The monoisotopic (exact) mass is 477 g/mol. The summed E-state index contributed by atoms with van der Waals surface area (Å²) in [6, 6.07) is 32.1. The second-order valence-corrected chi connectivity index (χ2v) is 8.52. The first-order valence-corrected chi connectivity index (χ1v) is 11.9. The Labute approximate surface area is 212 Å². The highest BCUT2D eigenvalue weighted by atomic mass is 15.1. The first-order valence-electron chi connectivity index (χ1n) is 11.9. The van der Waals surface area contributed by atoms with E-state index in [0.29, 0.717) is 29.0 Å². The molecule has 0 saturated carbocycles. The molecule has 7 nitrogen and oxygen atoms in total. The van der Waals surface area contributed by atoms with Crippen LogP contribution in [0.3, 0.4) is 0 Å². The zero-order valence-corrected chi connectivity index (χ0v) is 19.6. The molecule has 0 aliphatic rings. The lowest BCUT2D eigenvalue weighted by molar-refractivity contribution is 1.01. The Kier molecular flexibility index (Phi) is 4.96. The maximum atomic E-state index is 4.71. The van der Waals surface area contributed by atoms with E-state index in [1.165, 1.54) is 10.8 Å². The molecule has 37 heavy (non-hydrogen) atoms. The van der Waals surface area contributed by atoms with E-state index in [2.05, 4.69) is 65.9 Å². The lowest BCUT2D eigenvalue weighted by Gasteiger charge is -2.09. The number of fused-ring (bicyclic) bond motifs is 3. The smallest absolute Gasteiger partial charge is 0.201 e. The molecule has 7 rings (SSSR count). The van der Waals surface area contributed by atoms with Crippen LogP contribution in [0, 0.1) is 0 Å². The van der Waals surface area contributed by atoms with Gasteiger partial charge in [-0.2, -0.15) is 0 Å². The second kappa shape index (κ2) is 8.73. The maximum absolute atomic E-state index is 4.71. The van der Waals surface area contributed by atoms with Gasteiger partial charge in [0.25, 0.3) is 0 Å². The van der Waals surface area contributed by atoms with Crippen molar-refractivity contribution < 1.29 is 0 Å². The molecule has 0 spiro atoms. The summed E-state index contributed by atoms with van der Waals surface area (Å²) in [6.07, 6.45) is 5.35. The number of nitrogens with zero attached hydrogens (tertiary/aromatic N) is 7. The average Bonchev–Trinajstić information content (AvgIpc) is 3.32. The topological polar surface area (TPSA) is 82.3 Å². The number of hydrogen-bond acceptors (Lipinski definition) is 6. The minimum atomic E-state index is 0.392. The lowest BCUT2D eigenvalue weighted by Crippen LogP contribution is -2.04. The third-order valence-electron chi connectivity index (χ3n) is 6.24. The highest BCUT2D eigenvalue weighted by Crippen LogP contribution is 2.31. The molecule has 0 bridgehead atoms. The Morgan fingerprint density at radius 3 is 1.73 bits per heavy atom. The molecule has 174 valence electrons. The van der Waals surface area contributed by atoms with Gasteiger partial charge < -0.3 is 4.57 Å². The number of benzene rings is 3. The molecule has 0 aliphatic heterocycles. The van der Waals surface area contributed by atoms with Crippen LogP contribution in [0.15, 0.2) is 116 Å². The summed E-state index contributed by atoms with van der Waals surface area (Å²) in [6.45, 7) is 0. The van der Waals surface area contributed by atoms with E-state index in [9.17, 15) is 0 Å². The molecule has 0 saturated heterocycles. The van der Waals surface area contributed by atoms with Crippen LogP contribution in [0.4, 0.5) is 0 Å². The quantitative estimate of drug-likeness (QED) is 0.302. The fourth-order valence-corrected chi connectivity index (χ4v) is 4.55. The molecular formula is C30H19N7. The van der Waals surface area contributed by atoms with Crippen molar-refractivity contribution in [2.45, 2.75) is 0 Å². The van der Waals surface area contributed by atoms with E-state index in [-0.39, 0.29) is 0 Å². The van der Waals surface area contributed by atoms with Crippen LogP contribution in [-0.2, 0) is 0 Å². The number of para-hydroxylation sites is 2. The summed E-state index contributed by atoms with van der Waals surface area (Å²) in [7, 11) is 0. The number of hydrogen-bond donors (Lipinski definition) is 0. The van der Waals surface area contributed by atoms with Crippen LogP contribution < -0.4 is 0 Å². The third-order valence-corrected chi connectivity index (χ3v) is 6.24. The van der Waals surface area contributed by atoms with Gasteiger partial charge in [-0.3, -0.25) is 4.98 Å². The van der Waals surface area contributed by atoms with Crippen molar-refractivity contribution in [3.8, 4) is 40.2 Å². The van der Waals surface area contributed by atoms with Gasteiger partial charge in [-0.15, -0.1) is 0 Å². The van der Waals surface area contributed by atoms with Gasteiger partial charge in [0.1, 0.15) is 5.69 Å². The Balaban J connectivity index is 1.37. The molecule has 0 atom stereocenters. The zero-order chi connectivity index (χ0) is 24.6. The second-order valence-electron chi connectivity index (χ2n) is 8.52. The first-order chi connectivity index (χ1) is 18.3. The average molecular weight is 478 g/mol. The minimum absolute atomic E-state index is 0.392. The van der Waals surface area contributed by atoms with E-state index >= 15 is 0 Å². The van der Waals surface area contributed by atoms with Crippen molar-refractivity contribution in [2.24, 2.45) is 0 Å². The van der Waals surface area contributed by atoms with Crippen LogP contribution in [0.1, 0.15) is 0 Å². The number of rotatable bonds is 4.